The van der Waals surface area contributed by atoms with E-state index in [1.165, 1.54) is 0 Å². The number of nitrogens with one attached hydrogen (secondary N) is 1. The molecule has 0 aliphatic heterocycles. The number of benzene rings is 1. The largest absolute Gasteiger partial charge is 0.484 e. The van der Waals surface area contributed by atoms with Gasteiger partial charge in [0.25, 0.3) is 5.91 Å². The smallest absolute Gasteiger partial charge is 0.260 e. The summed E-state index contributed by atoms with van der Waals surface area (Å²) in [6.07, 6.45) is 0. The molecule has 0 bridgehead atoms. The van der Waals surface area contributed by atoms with Crippen molar-refractivity contribution < 1.29 is 9.53 Å². The van der Waals surface area contributed by atoms with E-state index in [4.69, 9.17) is 4.74 Å². The number of hydrogen-bond acceptors (Lipinski definition) is 4. The fourth-order valence-corrected chi connectivity index (χ4v) is 2.61. The monoisotopic (exact) mass is 304 g/mol. The summed E-state index contributed by atoms with van der Waals surface area (Å²) in [5, 5.41) is 7.15. The van der Waals surface area contributed by atoms with Crippen molar-refractivity contribution in [2.75, 3.05) is 20.7 Å². The Morgan fingerprint density at radius 2 is 2.19 bits per heavy atom. The van der Waals surface area contributed by atoms with Crippen LogP contribution in [0.25, 0.3) is 0 Å². The molecule has 0 saturated heterocycles. The highest BCUT2D eigenvalue weighted by Crippen LogP contribution is 2.14. The van der Waals surface area contributed by atoms with Gasteiger partial charge in [0, 0.05) is 20.1 Å². The Kier molecular flexibility index (Phi) is 5.78. The highest BCUT2D eigenvalue weighted by atomic mass is 32.1. The van der Waals surface area contributed by atoms with Crippen molar-refractivity contribution in [1.82, 2.24) is 10.2 Å². The molecule has 0 aliphatic carbocycles. The van der Waals surface area contributed by atoms with Crippen LogP contribution in [0.2, 0.25) is 0 Å². The predicted molar refractivity (Wildman–Crippen MR) is 85.5 cm³/mol. The Morgan fingerprint density at radius 1 is 1.33 bits per heavy atom. The second-order valence-electron chi connectivity index (χ2n) is 4.85. The van der Waals surface area contributed by atoms with Gasteiger partial charge in [0.15, 0.2) is 6.61 Å². The fraction of sp³-hybridized carbons (Fsp3) is 0.312. The van der Waals surface area contributed by atoms with E-state index in [0.29, 0.717) is 6.54 Å². The first-order valence-electron chi connectivity index (χ1n) is 6.80. The zero-order valence-electron chi connectivity index (χ0n) is 12.3. The van der Waals surface area contributed by atoms with Gasteiger partial charge in [0.1, 0.15) is 5.75 Å². The van der Waals surface area contributed by atoms with Gasteiger partial charge in [-0.25, -0.2) is 0 Å². The van der Waals surface area contributed by atoms with Gasteiger partial charge in [0.05, 0.1) is 0 Å². The van der Waals surface area contributed by atoms with Crippen molar-refractivity contribution in [2.24, 2.45) is 0 Å². The van der Waals surface area contributed by atoms with E-state index in [1.807, 2.05) is 48.1 Å². The van der Waals surface area contributed by atoms with Gasteiger partial charge < -0.3 is 15.0 Å². The van der Waals surface area contributed by atoms with Crippen LogP contribution in [0.4, 0.5) is 0 Å². The Hall–Kier alpha value is -1.85. The van der Waals surface area contributed by atoms with Crippen LogP contribution in [0.1, 0.15) is 11.1 Å². The number of amides is 1. The van der Waals surface area contributed by atoms with Gasteiger partial charge in [-0.1, -0.05) is 12.1 Å². The summed E-state index contributed by atoms with van der Waals surface area (Å²) in [6, 6.07) is 9.79. The van der Waals surface area contributed by atoms with E-state index >= 15 is 0 Å². The molecule has 21 heavy (non-hydrogen) atoms. The summed E-state index contributed by atoms with van der Waals surface area (Å²) in [5.74, 6) is 0.695. The molecule has 112 valence electrons. The number of hydrogen-bond donors (Lipinski definition) is 1. The van der Waals surface area contributed by atoms with Crippen molar-refractivity contribution >= 4 is 17.2 Å². The second-order valence-corrected chi connectivity index (χ2v) is 5.63. The van der Waals surface area contributed by atoms with Gasteiger partial charge in [-0.15, -0.1) is 0 Å². The maximum absolute atomic E-state index is 12.0. The number of carbonyl (C=O) groups is 1. The van der Waals surface area contributed by atoms with Crippen LogP contribution in [-0.2, 0) is 17.9 Å². The van der Waals surface area contributed by atoms with Gasteiger partial charge in [-0.2, -0.15) is 11.3 Å². The zero-order valence-corrected chi connectivity index (χ0v) is 13.2. The number of thiophene rings is 1. The van der Waals surface area contributed by atoms with E-state index in [1.54, 1.807) is 23.3 Å². The van der Waals surface area contributed by atoms with Gasteiger partial charge in [0.2, 0.25) is 0 Å². The second kappa shape index (κ2) is 7.81. The van der Waals surface area contributed by atoms with Crippen LogP contribution in [-0.4, -0.2) is 31.5 Å². The third kappa shape index (κ3) is 4.88. The molecule has 0 spiro atoms. The van der Waals surface area contributed by atoms with Crippen LogP contribution >= 0.6 is 11.3 Å². The van der Waals surface area contributed by atoms with E-state index in [2.05, 4.69) is 5.32 Å². The number of rotatable bonds is 7. The number of ether oxygens (including phenoxy) is 1. The summed E-state index contributed by atoms with van der Waals surface area (Å²) in [7, 11) is 3.69. The molecular weight excluding hydrogens is 284 g/mol. The molecule has 0 aliphatic rings. The molecule has 1 aromatic heterocycles. The fourth-order valence-electron chi connectivity index (χ4n) is 1.95. The summed E-state index contributed by atoms with van der Waals surface area (Å²) >= 11 is 1.63. The predicted octanol–water partition coefficient (Wildman–Crippen LogP) is 2.50. The van der Waals surface area contributed by atoms with Gasteiger partial charge >= 0.3 is 0 Å². The Morgan fingerprint density at radius 3 is 2.90 bits per heavy atom. The summed E-state index contributed by atoms with van der Waals surface area (Å²) < 4.78 is 5.58. The molecule has 1 heterocycles. The minimum Gasteiger partial charge on any atom is -0.484 e. The van der Waals surface area contributed by atoms with E-state index in [9.17, 15) is 4.79 Å². The molecule has 0 radical (unpaired) electrons. The molecule has 1 N–H and O–H groups in total. The Balaban J connectivity index is 1.84. The number of carbonyl (C=O) groups excluding carboxylic acids is 1. The first-order chi connectivity index (χ1) is 10.2. The standard InChI is InChI=1S/C16H20N2O2S/c1-17-9-13-4-3-5-15(8-13)20-11-16(19)18(2)10-14-6-7-21-12-14/h3-8,12,17H,9-11H2,1-2H3. The maximum atomic E-state index is 12.0. The molecule has 5 heteroatoms. The Bertz CT molecular complexity index is 569. The summed E-state index contributed by atoms with van der Waals surface area (Å²) in [4.78, 5) is 13.7. The SMILES string of the molecule is CNCc1cccc(OCC(=O)N(C)Cc2ccsc2)c1. The van der Waals surface area contributed by atoms with Gasteiger partial charge in [-0.3, -0.25) is 4.79 Å². The topological polar surface area (TPSA) is 41.6 Å². The van der Waals surface area contributed by atoms with Crippen molar-refractivity contribution in [3.05, 3.63) is 52.2 Å². The quantitative estimate of drug-likeness (QED) is 0.854. The van der Waals surface area contributed by atoms with Crippen molar-refractivity contribution in [3.63, 3.8) is 0 Å². The molecule has 4 nitrogen and oxygen atoms in total. The van der Waals surface area contributed by atoms with Gasteiger partial charge in [-0.05, 0) is 47.1 Å². The molecule has 0 saturated carbocycles. The lowest BCUT2D eigenvalue weighted by Crippen LogP contribution is -2.30. The highest BCUT2D eigenvalue weighted by molar-refractivity contribution is 7.07. The third-order valence-corrected chi connectivity index (χ3v) is 3.80. The summed E-state index contributed by atoms with van der Waals surface area (Å²) in [6.45, 7) is 1.46. The lowest BCUT2D eigenvalue weighted by atomic mass is 10.2. The average molecular weight is 304 g/mol. The first-order valence-corrected chi connectivity index (χ1v) is 7.74. The average Bonchev–Trinajstić information content (AvgIpc) is 2.98. The first kappa shape index (κ1) is 15.5. The molecule has 2 rings (SSSR count). The number of likely N-dealkylation sites (N-methyl/N-ethyl adjacent to an activating group) is 1. The van der Waals surface area contributed by atoms with E-state index < -0.39 is 0 Å². The molecular formula is C16H20N2O2S. The van der Waals surface area contributed by atoms with Crippen LogP contribution in [0, 0.1) is 0 Å². The van der Waals surface area contributed by atoms with Crippen molar-refractivity contribution in [1.29, 1.82) is 0 Å². The molecule has 0 unspecified atom stereocenters. The molecule has 1 aromatic carbocycles. The van der Waals surface area contributed by atoms with Crippen LogP contribution in [0.5, 0.6) is 5.75 Å². The van der Waals surface area contributed by atoms with Crippen LogP contribution < -0.4 is 10.1 Å². The van der Waals surface area contributed by atoms with Crippen molar-refractivity contribution in [3.8, 4) is 5.75 Å². The van der Waals surface area contributed by atoms with E-state index in [-0.39, 0.29) is 12.5 Å². The zero-order chi connectivity index (χ0) is 15.1. The van der Waals surface area contributed by atoms with Crippen molar-refractivity contribution in [2.45, 2.75) is 13.1 Å². The maximum Gasteiger partial charge on any atom is 0.260 e. The van der Waals surface area contributed by atoms with Crippen LogP contribution in [0.3, 0.4) is 0 Å². The molecule has 0 atom stereocenters. The molecule has 2 aromatic rings. The molecule has 1 amide bonds. The third-order valence-electron chi connectivity index (χ3n) is 3.07. The van der Waals surface area contributed by atoms with Crippen LogP contribution in [0.15, 0.2) is 41.1 Å². The minimum absolute atomic E-state index is 0.0276. The lowest BCUT2D eigenvalue weighted by molar-refractivity contribution is -0.132. The normalized spacial score (nSPS) is 10.4. The van der Waals surface area contributed by atoms with E-state index in [0.717, 1.165) is 23.4 Å². The Labute approximate surface area is 129 Å². The number of nitrogens with zero attached hydrogens (tertiary/aromatic N) is 1. The lowest BCUT2D eigenvalue weighted by Gasteiger charge is -2.17. The minimum atomic E-state index is -0.0276. The molecule has 0 fully saturated rings. The highest BCUT2D eigenvalue weighted by Gasteiger charge is 2.10. The summed E-state index contributed by atoms with van der Waals surface area (Å²) in [5.41, 5.74) is 2.28.